The summed E-state index contributed by atoms with van der Waals surface area (Å²) in [5, 5.41) is 17.9. The first-order chi connectivity index (χ1) is 10.7. The van der Waals surface area contributed by atoms with Crippen molar-refractivity contribution in [3.05, 3.63) is 58.1 Å². The molecule has 0 unspecified atom stereocenters. The standard InChI is InChI=1S/C14H9ClO6S2/c15-8-1-3-9(4-2-8)23(20,21)13-6-5-12(22-13)10(16)7-11(17)14(18)19/h1-7,17H,(H,18,19). The fourth-order valence-corrected chi connectivity index (χ4v) is 4.33. The molecule has 2 aromatic rings. The highest BCUT2D eigenvalue weighted by atomic mass is 35.5. The first kappa shape index (κ1) is 17.2. The van der Waals surface area contributed by atoms with Gasteiger partial charge in [-0.3, -0.25) is 4.79 Å². The lowest BCUT2D eigenvalue weighted by molar-refractivity contribution is -0.135. The minimum absolute atomic E-state index is 0.00895. The molecule has 0 atom stereocenters. The summed E-state index contributed by atoms with van der Waals surface area (Å²) in [4.78, 5) is 22.3. The summed E-state index contributed by atoms with van der Waals surface area (Å²) >= 11 is 6.39. The number of aliphatic hydroxyl groups is 1. The molecule has 2 N–H and O–H groups in total. The molecule has 0 aliphatic carbocycles. The van der Waals surface area contributed by atoms with Crippen molar-refractivity contribution in [2.45, 2.75) is 9.10 Å². The molecule has 0 saturated heterocycles. The number of aliphatic carboxylic acids is 1. The van der Waals surface area contributed by atoms with Crippen LogP contribution in [0.2, 0.25) is 5.02 Å². The minimum Gasteiger partial charge on any atom is -0.502 e. The lowest BCUT2D eigenvalue weighted by Gasteiger charge is -2.01. The number of allylic oxidation sites excluding steroid dienone is 1. The smallest absolute Gasteiger partial charge is 0.371 e. The molecule has 0 saturated carbocycles. The maximum absolute atomic E-state index is 12.4. The first-order valence-corrected chi connectivity index (χ1v) is 8.68. The average molecular weight is 373 g/mol. The Morgan fingerprint density at radius 2 is 1.65 bits per heavy atom. The van der Waals surface area contributed by atoms with Crippen molar-refractivity contribution in [3.8, 4) is 0 Å². The second-order valence-electron chi connectivity index (χ2n) is 4.28. The summed E-state index contributed by atoms with van der Waals surface area (Å²) in [6.45, 7) is 0. The molecule has 1 heterocycles. The lowest BCUT2D eigenvalue weighted by Crippen LogP contribution is -2.02. The van der Waals surface area contributed by atoms with Crippen LogP contribution in [0.4, 0.5) is 0 Å². The number of benzene rings is 1. The van der Waals surface area contributed by atoms with Crippen molar-refractivity contribution in [2.75, 3.05) is 0 Å². The van der Waals surface area contributed by atoms with Gasteiger partial charge in [-0.1, -0.05) is 11.6 Å². The summed E-state index contributed by atoms with van der Waals surface area (Å²) in [6, 6.07) is 8.04. The number of sulfone groups is 1. The summed E-state index contributed by atoms with van der Waals surface area (Å²) in [5.41, 5.74) is 0. The number of hydrogen-bond acceptors (Lipinski definition) is 6. The van der Waals surface area contributed by atoms with Gasteiger partial charge in [0.1, 0.15) is 4.21 Å². The van der Waals surface area contributed by atoms with E-state index in [1.807, 2.05) is 0 Å². The Balaban J connectivity index is 2.35. The van der Waals surface area contributed by atoms with Gasteiger partial charge in [-0.25, -0.2) is 13.2 Å². The molecule has 0 amide bonds. The predicted octanol–water partition coefficient (Wildman–Crippen LogP) is 2.94. The maximum Gasteiger partial charge on any atom is 0.371 e. The second kappa shape index (κ2) is 6.53. The Bertz CT molecular complexity index is 894. The van der Waals surface area contributed by atoms with E-state index in [0.29, 0.717) is 22.4 Å². The van der Waals surface area contributed by atoms with Gasteiger partial charge in [-0.05, 0) is 36.4 Å². The van der Waals surface area contributed by atoms with Crippen molar-refractivity contribution in [2.24, 2.45) is 0 Å². The van der Waals surface area contributed by atoms with Crippen LogP contribution in [0.25, 0.3) is 0 Å². The molecule has 6 nitrogen and oxygen atoms in total. The Morgan fingerprint density at radius 3 is 2.22 bits per heavy atom. The van der Waals surface area contributed by atoms with Gasteiger partial charge in [0.25, 0.3) is 0 Å². The van der Waals surface area contributed by atoms with Gasteiger partial charge in [-0.15, -0.1) is 11.3 Å². The molecule has 0 spiro atoms. The maximum atomic E-state index is 12.4. The van der Waals surface area contributed by atoms with Gasteiger partial charge in [0.2, 0.25) is 15.6 Å². The third-order valence-electron chi connectivity index (χ3n) is 2.70. The number of aliphatic hydroxyl groups excluding tert-OH is 1. The second-order valence-corrected chi connectivity index (χ2v) is 7.97. The first-order valence-electron chi connectivity index (χ1n) is 6.00. The number of carbonyl (C=O) groups is 2. The lowest BCUT2D eigenvalue weighted by atomic mass is 10.3. The van der Waals surface area contributed by atoms with Crippen LogP contribution in [-0.2, 0) is 14.6 Å². The highest BCUT2D eigenvalue weighted by Gasteiger charge is 2.21. The quantitative estimate of drug-likeness (QED) is 0.474. The Kier molecular flexibility index (Phi) is 4.88. The fourth-order valence-electron chi connectivity index (χ4n) is 1.58. The number of carboxylic acid groups (broad SMARTS) is 1. The largest absolute Gasteiger partial charge is 0.502 e. The van der Waals surface area contributed by atoms with Gasteiger partial charge in [-0.2, -0.15) is 0 Å². The monoisotopic (exact) mass is 372 g/mol. The molecule has 9 heteroatoms. The highest BCUT2D eigenvalue weighted by molar-refractivity contribution is 7.93. The van der Waals surface area contributed by atoms with E-state index < -0.39 is 27.3 Å². The Morgan fingerprint density at radius 1 is 1.04 bits per heavy atom. The summed E-state index contributed by atoms with van der Waals surface area (Å²) in [7, 11) is -3.81. The average Bonchev–Trinajstić information content (AvgIpc) is 2.98. The van der Waals surface area contributed by atoms with Gasteiger partial charge in [0, 0.05) is 11.1 Å². The minimum atomic E-state index is -3.81. The number of carboxylic acids is 1. The SMILES string of the molecule is O=C(O)C(O)=CC(=O)c1ccc(S(=O)(=O)c2ccc(Cl)cc2)s1. The number of halogens is 1. The summed E-state index contributed by atoms with van der Waals surface area (Å²) in [6.07, 6.45) is 0.521. The molecule has 0 radical (unpaired) electrons. The molecule has 0 aliphatic rings. The molecule has 0 fully saturated rings. The molecule has 0 bridgehead atoms. The van der Waals surface area contributed by atoms with Crippen molar-refractivity contribution < 1.29 is 28.2 Å². The van der Waals surface area contributed by atoms with Crippen LogP contribution in [0.3, 0.4) is 0 Å². The fraction of sp³-hybridized carbons (Fsp3) is 0. The predicted molar refractivity (Wildman–Crippen MR) is 83.9 cm³/mol. The van der Waals surface area contributed by atoms with E-state index in [9.17, 15) is 18.0 Å². The molecule has 1 aromatic heterocycles. The van der Waals surface area contributed by atoms with E-state index in [1.54, 1.807) is 0 Å². The molecule has 0 aliphatic heterocycles. The van der Waals surface area contributed by atoms with E-state index in [0.717, 1.165) is 0 Å². The van der Waals surface area contributed by atoms with Crippen LogP contribution < -0.4 is 0 Å². The van der Waals surface area contributed by atoms with E-state index in [4.69, 9.17) is 21.8 Å². The van der Waals surface area contributed by atoms with E-state index >= 15 is 0 Å². The van der Waals surface area contributed by atoms with Crippen molar-refractivity contribution in [1.29, 1.82) is 0 Å². The molecule has 2 rings (SSSR count). The zero-order chi connectivity index (χ0) is 17.2. The Hall–Kier alpha value is -2.16. The molecular weight excluding hydrogens is 364 g/mol. The van der Waals surface area contributed by atoms with Crippen molar-refractivity contribution in [3.63, 3.8) is 0 Å². The summed E-state index contributed by atoms with van der Waals surface area (Å²) in [5.74, 6) is -3.57. The van der Waals surface area contributed by atoms with E-state index in [2.05, 4.69) is 0 Å². The van der Waals surface area contributed by atoms with Crippen molar-refractivity contribution in [1.82, 2.24) is 0 Å². The van der Waals surface area contributed by atoms with Gasteiger partial charge >= 0.3 is 5.97 Å². The molecule has 120 valence electrons. The number of hydrogen-bond donors (Lipinski definition) is 2. The number of rotatable bonds is 5. The highest BCUT2D eigenvalue weighted by Crippen LogP contribution is 2.29. The van der Waals surface area contributed by atoms with Gasteiger partial charge in [0.05, 0.1) is 9.77 Å². The summed E-state index contributed by atoms with van der Waals surface area (Å²) < 4.78 is 24.7. The topological polar surface area (TPSA) is 109 Å². The number of ketones is 1. The van der Waals surface area contributed by atoms with Crippen LogP contribution in [-0.4, -0.2) is 30.4 Å². The van der Waals surface area contributed by atoms with Crippen LogP contribution in [0.15, 0.2) is 57.3 Å². The number of thiophene rings is 1. The van der Waals surface area contributed by atoms with Crippen LogP contribution >= 0.6 is 22.9 Å². The normalized spacial score (nSPS) is 12.1. The molecular formula is C14H9ClO6S2. The zero-order valence-corrected chi connectivity index (χ0v) is 13.7. The van der Waals surface area contributed by atoms with Crippen LogP contribution in [0.1, 0.15) is 9.67 Å². The van der Waals surface area contributed by atoms with E-state index in [-0.39, 0.29) is 14.0 Å². The molecule has 23 heavy (non-hydrogen) atoms. The van der Waals surface area contributed by atoms with Gasteiger partial charge < -0.3 is 10.2 Å². The van der Waals surface area contributed by atoms with Crippen LogP contribution in [0.5, 0.6) is 0 Å². The number of carbonyl (C=O) groups excluding carboxylic acids is 1. The van der Waals surface area contributed by atoms with Gasteiger partial charge in [0.15, 0.2) is 5.78 Å². The van der Waals surface area contributed by atoms with Crippen LogP contribution in [0, 0.1) is 0 Å². The third kappa shape index (κ3) is 3.79. The molecule has 1 aromatic carbocycles. The third-order valence-corrected chi connectivity index (χ3v) is 6.31. The van der Waals surface area contributed by atoms with E-state index in [1.165, 1.54) is 36.4 Å². The Labute approximate surface area is 140 Å². The van der Waals surface area contributed by atoms with Crippen molar-refractivity contribution >= 4 is 44.5 Å². The zero-order valence-electron chi connectivity index (χ0n) is 11.3.